The van der Waals surface area contributed by atoms with Gasteiger partial charge in [0, 0.05) is 24.3 Å². The van der Waals surface area contributed by atoms with Crippen LogP contribution in [0, 0.1) is 19.3 Å². The molecule has 0 aliphatic carbocycles. The van der Waals surface area contributed by atoms with E-state index in [1.54, 1.807) is 18.9 Å². The fraction of sp³-hybridized carbons (Fsp3) is 0.529. The molecular formula is C17H24N2O4. The molecule has 0 spiro atoms. The number of hydrogen-bond acceptors (Lipinski definition) is 3. The minimum atomic E-state index is -0.795. The van der Waals surface area contributed by atoms with Crippen LogP contribution in [-0.4, -0.2) is 42.2 Å². The van der Waals surface area contributed by atoms with Crippen molar-refractivity contribution in [1.82, 2.24) is 4.90 Å². The Kier molecular flexibility index (Phi) is 4.82. The van der Waals surface area contributed by atoms with Gasteiger partial charge in [-0.05, 0) is 51.3 Å². The lowest BCUT2D eigenvalue weighted by Gasteiger charge is -2.36. The molecule has 1 aliphatic rings. The number of methoxy groups -OCH3 is 1. The standard InChI is InChI=1S/C17H24N2O4/c1-11-9-13(12(2)14(10-11)23-4)18-16(22)19-7-5-17(3,6-8-19)15(20)21/h9-10H,5-8H2,1-4H3,(H,18,22)(H,20,21). The lowest BCUT2D eigenvalue weighted by molar-refractivity contribution is -0.150. The minimum absolute atomic E-state index is 0.201. The number of nitrogens with one attached hydrogen (secondary N) is 1. The Morgan fingerprint density at radius 1 is 1.26 bits per heavy atom. The van der Waals surface area contributed by atoms with Gasteiger partial charge in [0.05, 0.1) is 12.5 Å². The number of carboxylic acids is 1. The Labute approximate surface area is 136 Å². The Hall–Kier alpha value is -2.24. The number of carbonyl (C=O) groups is 2. The van der Waals surface area contributed by atoms with E-state index in [-0.39, 0.29) is 6.03 Å². The number of urea groups is 1. The lowest BCUT2D eigenvalue weighted by atomic mass is 9.80. The topological polar surface area (TPSA) is 78.9 Å². The predicted molar refractivity (Wildman–Crippen MR) is 88.0 cm³/mol. The summed E-state index contributed by atoms with van der Waals surface area (Å²) in [5.41, 5.74) is 1.86. The van der Waals surface area contributed by atoms with Crippen molar-refractivity contribution in [2.24, 2.45) is 5.41 Å². The van der Waals surface area contributed by atoms with Gasteiger partial charge in [-0.25, -0.2) is 4.79 Å². The largest absolute Gasteiger partial charge is 0.496 e. The first-order valence-electron chi connectivity index (χ1n) is 7.71. The Balaban J connectivity index is 2.07. The molecule has 1 saturated heterocycles. The second-order valence-corrected chi connectivity index (χ2v) is 6.42. The van der Waals surface area contributed by atoms with Crippen LogP contribution in [0.15, 0.2) is 12.1 Å². The third-order valence-corrected chi connectivity index (χ3v) is 4.64. The molecule has 0 unspecified atom stereocenters. The van der Waals surface area contributed by atoms with Crippen LogP contribution < -0.4 is 10.1 Å². The fourth-order valence-electron chi connectivity index (χ4n) is 2.78. The molecule has 0 radical (unpaired) electrons. The summed E-state index contributed by atoms with van der Waals surface area (Å²) in [6, 6.07) is 3.62. The maximum absolute atomic E-state index is 12.4. The molecule has 1 heterocycles. The van der Waals surface area contributed by atoms with Crippen LogP contribution in [0.4, 0.5) is 10.5 Å². The average molecular weight is 320 g/mol. The molecule has 2 amide bonds. The molecule has 6 nitrogen and oxygen atoms in total. The Bertz CT molecular complexity index is 619. The van der Waals surface area contributed by atoms with Crippen molar-refractivity contribution in [1.29, 1.82) is 0 Å². The molecule has 2 rings (SSSR count). The second kappa shape index (κ2) is 6.48. The first kappa shape index (κ1) is 17.1. The first-order valence-corrected chi connectivity index (χ1v) is 7.71. The van der Waals surface area contributed by atoms with Gasteiger partial charge in [0.15, 0.2) is 0 Å². The van der Waals surface area contributed by atoms with Crippen molar-refractivity contribution in [2.75, 3.05) is 25.5 Å². The molecular weight excluding hydrogens is 296 g/mol. The molecule has 1 aromatic carbocycles. The molecule has 0 saturated carbocycles. The highest BCUT2D eigenvalue weighted by Crippen LogP contribution is 2.32. The highest BCUT2D eigenvalue weighted by molar-refractivity contribution is 5.91. The molecule has 126 valence electrons. The van der Waals surface area contributed by atoms with Gasteiger partial charge in [0.2, 0.25) is 0 Å². The monoisotopic (exact) mass is 320 g/mol. The number of carboxylic acid groups (broad SMARTS) is 1. The van der Waals surface area contributed by atoms with Gasteiger partial charge in [0.1, 0.15) is 5.75 Å². The molecule has 2 N–H and O–H groups in total. The van der Waals surface area contributed by atoms with Gasteiger partial charge >= 0.3 is 12.0 Å². The van der Waals surface area contributed by atoms with Crippen LogP contribution in [0.5, 0.6) is 5.75 Å². The molecule has 6 heteroatoms. The number of rotatable bonds is 3. The van der Waals surface area contributed by atoms with E-state index >= 15 is 0 Å². The number of benzene rings is 1. The van der Waals surface area contributed by atoms with Gasteiger partial charge in [-0.1, -0.05) is 0 Å². The number of carbonyl (C=O) groups excluding carboxylic acids is 1. The summed E-state index contributed by atoms with van der Waals surface area (Å²) >= 11 is 0. The SMILES string of the molecule is COc1cc(C)cc(NC(=O)N2CCC(C)(C(=O)O)CC2)c1C. The van der Waals surface area contributed by atoms with Gasteiger partial charge in [-0.3, -0.25) is 4.79 Å². The van der Waals surface area contributed by atoms with E-state index in [1.807, 2.05) is 26.0 Å². The minimum Gasteiger partial charge on any atom is -0.496 e. The zero-order chi connectivity index (χ0) is 17.2. The van der Waals surface area contributed by atoms with Crippen LogP contribution in [-0.2, 0) is 4.79 Å². The van der Waals surface area contributed by atoms with E-state index in [4.69, 9.17) is 4.74 Å². The summed E-state index contributed by atoms with van der Waals surface area (Å²) in [5.74, 6) is -0.0609. The second-order valence-electron chi connectivity index (χ2n) is 6.42. The van der Waals surface area contributed by atoms with Crippen LogP contribution >= 0.6 is 0 Å². The normalized spacial score (nSPS) is 16.8. The maximum Gasteiger partial charge on any atom is 0.321 e. The molecule has 0 atom stereocenters. The van der Waals surface area contributed by atoms with E-state index in [0.29, 0.717) is 25.9 Å². The van der Waals surface area contributed by atoms with Crippen molar-refractivity contribution in [3.8, 4) is 5.75 Å². The molecule has 1 aliphatic heterocycles. The van der Waals surface area contributed by atoms with Crippen molar-refractivity contribution in [3.63, 3.8) is 0 Å². The van der Waals surface area contributed by atoms with Crippen molar-refractivity contribution in [3.05, 3.63) is 23.3 Å². The number of piperidine rings is 1. The fourth-order valence-corrected chi connectivity index (χ4v) is 2.78. The van der Waals surface area contributed by atoms with E-state index in [9.17, 15) is 14.7 Å². The summed E-state index contributed by atoms with van der Waals surface area (Å²) in [5, 5.41) is 12.2. The Morgan fingerprint density at radius 3 is 2.39 bits per heavy atom. The van der Waals surface area contributed by atoms with Crippen molar-refractivity contribution in [2.45, 2.75) is 33.6 Å². The van der Waals surface area contributed by atoms with Gasteiger partial charge < -0.3 is 20.1 Å². The summed E-state index contributed by atoms with van der Waals surface area (Å²) in [7, 11) is 1.60. The van der Waals surface area contributed by atoms with E-state index in [2.05, 4.69) is 5.32 Å². The van der Waals surface area contributed by atoms with Crippen molar-refractivity contribution < 1.29 is 19.4 Å². The molecule has 23 heavy (non-hydrogen) atoms. The van der Waals surface area contributed by atoms with Crippen molar-refractivity contribution >= 4 is 17.7 Å². The zero-order valence-corrected chi connectivity index (χ0v) is 14.1. The van der Waals surface area contributed by atoms with Gasteiger partial charge in [-0.2, -0.15) is 0 Å². The van der Waals surface area contributed by atoms with Crippen LogP contribution in [0.25, 0.3) is 0 Å². The first-order chi connectivity index (χ1) is 10.8. The quantitative estimate of drug-likeness (QED) is 0.897. The van der Waals surface area contributed by atoms with Gasteiger partial charge in [0.25, 0.3) is 0 Å². The number of nitrogens with zero attached hydrogens (tertiary/aromatic N) is 1. The van der Waals surface area contributed by atoms with E-state index in [1.165, 1.54) is 0 Å². The van der Waals surface area contributed by atoms with Crippen LogP contribution in [0.3, 0.4) is 0 Å². The average Bonchev–Trinajstić information content (AvgIpc) is 2.51. The number of aliphatic carboxylic acids is 1. The number of anilines is 1. The lowest BCUT2D eigenvalue weighted by Crippen LogP contribution is -2.46. The maximum atomic E-state index is 12.4. The summed E-state index contributed by atoms with van der Waals surface area (Å²) in [6.07, 6.45) is 0.928. The number of ether oxygens (including phenoxy) is 1. The smallest absolute Gasteiger partial charge is 0.321 e. The summed E-state index contributed by atoms with van der Waals surface area (Å²) in [6.45, 7) is 6.45. The highest BCUT2D eigenvalue weighted by Gasteiger charge is 2.38. The molecule has 1 fully saturated rings. The summed E-state index contributed by atoms with van der Waals surface area (Å²) in [4.78, 5) is 25.4. The zero-order valence-electron chi connectivity index (χ0n) is 14.1. The van der Waals surface area contributed by atoms with Crippen LogP contribution in [0.2, 0.25) is 0 Å². The summed E-state index contributed by atoms with van der Waals surface area (Å²) < 4.78 is 5.32. The number of hydrogen-bond donors (Lipinski definition) is 2. The number of likely N-dealkylation sites (tertiary alicyclic amines) is 1. The molecule has 0 bridgehead atoms. The van der Waals surface area contributed by atoms with Crippen LogP contribution in [0.1, 0.15) is 30.9 Å². The number of aryl methyl sites for hydroxylation is 1. The third kappa shape index (κ3) is 3.57. The number of amides is 2. The van der Waals surface area contributed by atoms with E-state index < -0.39 is 11.4 Å². The molecule has 0 aromatic heterocycles. The van der Waals surface area contributed by atoms with Gasteiger partial charge in [-0.15, -0.1) is 0 Å². The predicted octanol–water partition coefficient (Wildman–Crippen LogP) is 3.03. The van der Waals surface area contributed by atoms with E-state index in [0.717, 1.165) is 22.6 Å². The highest BCUT2D eigenvalue weighted by atomic mass is 16.5. The third-order valence-electron chi connectivity index (χ3n) is 4.64. The Morgan fingerprint density at radius 2 is 1.87 bits per heavy atom. The molecule has 1 aromatic rings.